The van der Waals surface area contributed by atoms with E-state index in [9.17, 15) is 25.1 Å². The van der Waals surface area contributed by atoms with Gasteiger partial charge in [-0.25, -0.2) is 0 Å². The van der Waals surface area contributed by atoms with Crippen molar-refractivity contribution in [2.75, 3.05) is 6.54 Å². The maximum atomic E-state index is 12.7. The van der Waals surface area contributed by atoms with Crippen molar-refractivity contribution in [3.8, 4) is 45.7 Å². The van der Waals surface area contributed by atoms with Crippen molar-refractivity contribution in [3.05, 3.63) is 57.8 Å². The van der Waals surface area contributed by atoms with E-state index in [4.69, 9.17) is 9.05 Å². The van der Waals surface area contributed by atoms with E-state index < -0.39 is 10.8 Å². The van der Waals surface area contributed by atoms with Crippen LogP contribution in [0.2, 0.25) is 0 Å². The number of phenols is 2. The van der Waals surface area contributed by atoms with Gasteiger partial charge in [-0.3, -0.25) is 14.9 Å². The zero-order valence-electron chi connectivity index (χ0n) is 19.0. The number of carbonyl (C=O) groups is 1. The summed E-state index contributed by atoms with van der Waals surface area (Å²) in [5, 5.41) is 42.2. The number of nitrogens with zero attached hydrogens (tertiary/aromatic N) is 4. The van der Waals surface area contributed by atoms with Crippen molar-refractivity contribution in [1.82, 2.24) is 20.6 Å². The molecule has 180 valence electrons. The summed E-state index contributed by atoms with van der Waals surface area (Å²) in [5.41, 5.74) is 0.976. The standard InChI is InChI=1S/C23H21N5O7/c1-4-24-22(31)19-18(20(34-26-19)15-9-14(11(2)3)16(29)10-17(15)30)21-25-23(35-27-21)12-5-7-13(8-6-12)28(32)33/h5-11,29-30H,4H2,1-3H3,(H,24,31). The molecule has 12 nitrogen and oxygen atoms in total. The quantitative estimate of drug-likeness (QED) is 0.256. The number of aromatic hydroxyl groups is 2. The molecule has 2 aromatic heterocycles. The maximum absolute atomic E-state index is 12.7. The number of phenolic OH excluding ortho intramolecular Hbond substituents is 2. The molecule has 2 aromatic carbocycles. The predicted molar refractivity (Wildman–Crippen MR) is 123 cm³/mol. The fraction of sp³-hybridized carbons (Fsp3) is 0.217. The molecule has 0 aliphatic heterocycles. The fourth-order valence-electron chi connectivity index (χ4n) is 3.49. The van der Waals surface area contributed by atoms with Gasteiger partial charge in [0.1, 0.15) is 17.1 Å². The molecule has 0 saturated heterocycles. The summed E-state index contributed by atoms with van der Waals surface area (Å²) in [6.45, 7) is 5.79. The Morgan fingerprint density at radius 2 is 1.83 bits per heavy atom. The molecule has 12 heteroatoms. The predicted octanol–water partition coefficient (Wildman–Crippen LogP) is 4.25. The van der Waals surface area contributed by atoms with E-state index in [1.807, 2.05) is 13.8 Å². The van der Waals surface area contributed by atoms with Crippen molar-refractivity contribution in [1.29, 1.82) is 0 Å². The Hall–Kier alpha value is -4.74. The van der Waals surface area contributed by atoms with Gasteiger partial charge in [0, 0.05) is 30.3 Å². The molecule has 0 radical (unpaired) electrons. The number of nitro benzene ring substituents is 1. The number of hydrogen-bond donors (Lipinski definition) is 3. The van der Waals surface area contributed by atoms with Gasteiger partial charge in [-0.2, -0.15) is 4.98 Å². The molecule has 0 bridgehead atoms. The van der Waals surface area contributed by atoms with Gasteiger partial charge in [-0.05, 0) is 36.6 Å². The van der Waals surface area contributed by atoms with Crippen molar-refractivity contribution in [2.24, 2.45) is 0 Å². The summed E-state index contributed by atoms with van der Waals surface area (Å²) < 4.78 is 10.8. The van der Waals surface area contributed by atoms with Gasteiger partial charge in [0.05, 0.1) is 10.5 Å². The highest BCUT2D eigenvalue weighted by molar-refractivity contribution is 6.01. The fourth-order valence-corrected chi connectivity index (χ4v) is 3.49. The second-order valence-corrected chi connectivity index (χ2v) is 7.90. The van der Waals surface area contributed by atoms with Gasteiger partial charge in [0.25, 0.3) is 17.5 Å². The second kappa shape index (κ2) is 9.25. The number of aromatic nitrogens is 3. The first-order chi connectivity index (χ1) is 16.7. The topological polar surface area (TPSA) is 178 Å². The number of non-ortho nitro benzene ring substituents is 1. The minimum atomic E-state index is -0.554. The van der Waals surface area contributed by atoms with E-state index in [2.05, 4.69) is 20.6 Å². The van der Waals surface area contributed by atoms with Crippen LogP contribution in [0.4, 0.5) is 5.69 Å². The summed E-state index contributed by atoms with van der Waals surface area (Å²) in [5.74, 6) is -1.03. The normalized spacial score (nSPS) is 11.1. The molecule has 0 spiro atoms. The Kier molecular flexibility index (Phi) is 6.19. The molecule has 35 heavy (non-hydrogen) atoms. The van der Waals surface area contributed by atoms with Gasteiger partial charge < -0.3 is 24.6 Å². The third-order valence-corrected chi connectivity index (χ3v) is 5.23. The number of benzene rings is 2. The van der Waals surface area contributed by atoms with Crippen molar-refractivity contribution in [3.63, 3.8) is 0 Å². The molecule has 0 aliphatic rings. The number of nitrogens with one attached hydrogen (secondary N) is 1. The lowest BCUT2D eigenvalue weighted by Crippen LogP contribution is -2.23. The molecule has 2 heterocycles. The molecule has 1 amide bonds. The lowest BCUT2D eigenvalue weighted by molar-refractivity contribution is -0.384. The molecule has 4 aromatic rings. The first kappa shape index (κ1) is 23.4. The van der Waals surface area contributed by atoms with Crippen LogP contribution in [0.5, 0.6) is 11.5 Å². The number of rotatable bonds is 7. The molecule has 0 unspecified atom stereocenters. The number of hydrogen-bond acceptors (Lipinski definition) is 10. The molecule has 4 rings (SSSR count). The van der Waals surface area contributed by atoms with Crippen molar-refractivity contribution >= 4 is 11.6 Å². The van der Waals surface area contributed by atoms with E-state index in [0.29, 0.717) is 17.7 Å². The van der Waals surface area contributed by atoms with Crippen molar-refractivity contribution in [2.45, 2.75) is 26.7 Å². The number of nitro groups is 1. The molecule has 3 N–H and O–H groups in total. The van der Waals surface area contributed by atoms with Gasteiger partial charge in [0.15, 0.2) is 11.5 Å². The van der Waals surface area contributed by atoms with E-state index in [-0.39, 0.29) is 57.4 Å². The molecular weight excluding hydrogens is 458 g/mol. The van der Waals surface area contributed by atoms with Gasteiger partial charge in [0.2, 0.25) is 5.82 Å². The first-order valence-corrected chi connectivity index (χ1v) is 10.6. The Labute approximate surface area is 198 Å². The average Bonchev–Trinajstić information content (AvgIpc) is 3.46. The summed E-state index contributed by atoms with van der Waals surface area (Å²) in [6.07, 6.45) is 0. The molecule has 0 aliphatic carbocycles. The van der Waals surface area contributed by atoms with E-state index in [1.165, 1.54) is 36.4 Å². The van der Waals surface area contributed by atoms with E-state index in [1.54, 1.807) is 6.92 Å². The molecule has 0 atom stereocenters. The van der Waals surface area contributed by atoms with E-state index in [0.717, 1.165) is 0 Å². The summed E-state index contributed by atoms with van der Waals surface area (Å²) in [7, 11) is 0. The van der Waals surface area contributed by atoms with Crippen LogP contribution in [0.15, 0.2) is 45.4 Å². The highest BCUT2D eigenvalue weighted by atomic mass is 16.6. The second-order valence-electron chi connectivity index (χ2n) is 7.90. The summed E-state index contributed by atoms with van der Waals surface area (Å²) >= 11 is 0. The zero-order valence-corrected chi connectivity index (χ0v) is 19.0. The van der Waals surface area contributed by atoms with Gasteiger partial charge in [-0.1, -0.05) is 24.2 Å². The Morgan fingerprint density at radius 3 is 2.46 bits per heavy atom. The van der Waals surface area contributed by atoms with Crippen LogP contribution in [0.25, 0.3) is 34.2 Å². The van der Waals surface area contributed by atoms with E-state index >= 15 is 0 Å². The monoisotopic (exact) mass is 479 g/mol. The minimum absolute atomic E-state index is 0.00158. The number of carbonyl (C=O) groups excluding carboxylic acids is 1. The largest absolute Gasteiger partial charge is 0.508 e. The third-order valence-electron chi connectivity index (χ3n) is 5.23. The Balaban J connectivity index is 1.86. The summed E-state index contributed by atoms with van der Waals surface area (Å²) in [6, 6.07) is 8.22. The number of amides is 1. The zero-order chi connectivity index (χ0) is 25.3. The van der Waals surface area contributed by atoms with Crippen LogP contribution in [0, 0.1) is 10.1 Å². The first-order valence-electron chi connectivity index (χ1n) is 10.6. The Bertz CT molecular complexity index is 1410. The lowest BCUT2D eigenvalue weighted by Gasteiger charge is -2.11. The van der Waals surface area contributed by atoms with Crippen LogP contribution in [0.1, 0.15) is 42.7 Å². The smallest absolute Gasteiger partial charge is 0.274 e. The van der Waals surface area contributed by atoms with Crippen LogP contribution >= 0.6 is 0 Å². The van der Waals surface area contributed by atoms with Gasteiger partial charge in [-0.15, -0.1) is 0 Å². The van der Waals surface area contributed by atoms with Gasteiger partial charge >= 0.3 is 0 Å². The Morgan fingerprint density at radius 1 is 1.11 bits per heavy atom. The molecule has 0 fully saturated rings. The molecular formula is C23H21N5O7. The van der Waals surface area contributed by atoms with Crippen LogP contribution in [0.3, 0.4) is 0 Å². The third kappa shape index (κ3) is 4.40. The van der Waals surface area contributed by atoms with Crippen LogP contribution in [-0.4, -0.2) is 42.9 Å². The molecule has 0 saturated carbocycles. The maximum Gasteiger partial charge on any atom is 0.274 e. The van der Waals surface area contributed by atoms with Crippen LogP contribution < -0.4 is 5.32 Å². The SMILES string of the molecule is CCNC(=O)c1noc(-c2cc(C(C)C)c(O)cc2O)c1-c1noc(-c2ccc([N+](=O)[O-])cc2)n1. The highest BCUT2D eigenvalue weighted by Crippen LogP contribution is 2.42. The minimum Gasteiger partial charge on any atom is -0.508 e. The van der Waals surface area contributed by atoms with Crippen LogP contribution in [-0.2, 0) is 0 Å². The lowest BCUT2D eigenvalue weighted by atomic mass is 9.96. The summed E-state index contributed by atoms with van der Waals surface area (Å²) in [4.78, 5) is 27.4. The average molecular weight is 479 g/mol. The van der Waals surface area contributed by atoms with Crippen molar-refractivity contribution < 1.29 is 29.0 Å². The highest BCUT2D eigenvalue weighted by Gasteiger charge is 2.30.